The van der Waals surface area contributed by atoms with Gasteiger partial charge in [-0.25, -0.2) is 4.39 Å². The zero-order chi connectivity index (χ0) is 21.5. The standard InChI is InChI=1S/C19H22F4N6S/c1-28-6-5-14(12(20)9-28)25-13-3-2-4-15-11(13)7-16(29(15)10-19(21,22)23)18-27-26-17(8-24)30-18/h2-4,7,12,14,25H,5-6,8-10,24H2,1H3/t12?,14-/m1/s1. The minimum absolute atomic E-state index is 0.165. The average molecular weight is 442 g/mol. The van der Waals surface area contributed by atoms with E-state index in [1.807, 2.05) is 11.9 Å². The fourth-order valence-corrected chi connectivity index (χ4v) is 4.54. The maximum atomic E-state index is 14.5. The van der Waals surface area contributed by atoms with E-state index < -0.39 is 24.9 Å². The third-order valence-electron chi connectivity index (χ3n) is 5.23. The molecule has 3 aromatic rings. The van der Waals surface area contributed by atoms with Gasteiger partial charge in [-0.2, -0.15) is 13.2 Å². The summed E-state index contributed by atoms with van der Waals surface area (Å²) in [7, 11) is 1.87. The third kappa shape index (κ3) is 4.28. The van der Waals surface area contributed by atoms with Gasteiger partial charge in [0, 0.05) is 30.7 Å². The van der Waals surface area contributed by atoms with Crippen molar-refractivity contribution in [3.8, 4) is 10.7 Å². The SMILES string of the molecule is CN1CC[C@@H](Nc2cccc3c2cc(-c2nnc(CN)s2)n3CC(F)(F)F)C(F)C1. The van der Waals surface area contributed by atoms with Crippen LogP contribution in [0.5, 0.6) is 0 Å². The van der Waals surface area contributed by atoms with Gasteiger partial charge >= 0.3 is 6.18 Å². The number of anilines is 1. The molecular weight excluding hydrogens is 420 g/mol. The van der Waals surface area contributed by atoms with Gasteiger partial charge in [-0.3, -0.25) is 0 Å². The lowest BCUT2D eigenvalue weighted by Gasteiger charge is -2.33. The second-order valence-electron chi connectivity index (χ2n) is 7.49. The van der Waals surface area contributed by atoms with Gasteiger partial charge < -0.3 is 20.5 Å². The lowest BCUT2D eigenvalue weighted by atomic mass is 10.0. The van der Waals surface area contributed by atoms with E-state index in [-0.39, 0.29) is 6.54 Å². The molecule has 0 aliphatic carbocycles. The molecule has 3 N–H and O–H groups in total. The quantitative estimate of drug-likeness (QED) is 0.591. The summed E-state index contributed by atoms with van der Waals surface area (Å²) in [5.41, 5.74) is 6.90. The highest BCUT2D eigenvalue weighted by molar-refractivity contribution is 7.14. The second kappa shape index (κ2) is 8.12. The maximum absolute atomic E-state index is 14.5. The van der Waals surface area contributed by atoms with E-state index in [1.165, 1.54) is 4.57 Å². The predicted octanol–water partition coefficient (Wildman–Crippen LogP) is 3.63. The molecule has 0 amide bonds. The Morgan fingerprint density at radius 3 is 2.77 bits per heavy atom. The Bertz CT molecular complexity index is 1030. The van der Waals surface area contributed by atoms with Crippen molar-refractivity contribution in [1.82, 2.24) is 19.7 Å². The molecule has 0 saturated carbocycles. The number of nitrogens with two attached hydrogens (primary N) is 1. The van der Waals surface area contributed by atoms with Gasteiger partial charge in [0.1, 0.15) is 17.7 Å². The zero-order valence-electron chi connectivity index (χ0n) is 16.3. The van der Waals surface area contributed by atoms with E-state index in [0.717, 1.165) is 17.9 Å². The molecule has 1 aromatic carbocycles. The third-order valence-corrected chi connectivity index (χ3v) is 6.20. The number of nitrogens with one attached hydrogen (secondary N) is 1. The Morgan fingerprint density at radius 1 is 1.30 bits per heavy atom. The first-order chi connectivity index (χ1) is 14.2. The van der Waals surface area contributed by atoms with Crippen LogP contribution in [0.1, 0.15) is 11.4 Å². The molecule has 30 heavy (non-hydrogen) atoms. The zero-order valence-corrected chi connectivity index (χ0v) is 17.1. The number of alkyl halides is 4. The lowest BCUT2D eigenvalue weighted by molar-refractivity contribution is -0.139. The van der Waals surface area contributed by atoms with Crippen LogP contribution >= 0.6 is 11.3 Å². The van der Waals surface area contributed by atoms with Crippen molar-refractivity contribution < 1.29 is 17.6 Å². The molecule has 0 bridgehead atoms. The smallest absolute Gasteiger partial charge is 0.379 e. The lowest BCUT2D eigenvalue weighted by Crippen LogP contribution is -2.46. The van der Waals surface area contributed by atoms with Crippen LogP contribution in [-0.4, -0.2) is 58.2 Å². The van der Waals surface area contributed by atoms with Gasteiger partial charge in [0.05, 0.1) is 17.3 Å². The molecule has 0 radical (unpaired) electrons. The molecule has 4 rings (SSSR count). The number of piperidine rings is 1. The van der Waals surface area contributed by atoms with Crippen molar-refractivity contribution in [1.29, 1.82) is 0 Å². The molecule has 1 unspecified atom stereocenters. The van der Waals surface area contributed by atoms with Gasteiger partial charge in [-0.15, -0.1) is 10.2 Å². The second-order valence-corrected chi connectivity index (χ2v) is 8.55. The van der Waals surface area contributed by atoms with Crippen LogP contribution in [0.15, 0.2) is 24.3 Å². The minimum Gasteiger partial charge on any atom is -0.379 e. The average Bonchev–Trinajstić information content (AvgIpc) is 3.28. The first-order valence-corrected chi connectivity index (χ1v) is 10.4. The molecule has 1 aliphatic rings. The van der Waals surface area contributed by atoms with Crippen molar-refractivity contribution in [3.63, 3.8) is 0 Å². The van der Waals surface area contributed by atoms with E-state index in [9.17, 15) is 17.6 Å². The van der Waals surface area contributed by atoms with Gasteiger partial charge in [-0.05, 0) is 31.7 Å². The van der Waals surface area contributed by atoms with Crippen LogP contribution in [-0.2, 0) is 13.1 Å². The number of benzene rings is 1. The highest BCUT2D eigenvalue weighted by Gasteiger charge is 2.32. The van der Waals surface area contributed by atoms with Gasteiger partial charge in [0.2, 0.25) is 0 Å². The van der Waals surface area contributed by atoms with Crippen LogP contribution in [0.25, 0.3) is 21.6 Å². The number of fused-ring (bicyclic) bond motifs is 1. The number of hydrogen-bond donors (Lipinski definition) is 2. The Kier molecular flexibility index (Phi) is 5.69. The van der Waals surface area contributed by atoms with Crippen molar-refractivity contribution in [2.24, 2.45) is 5.73 Å². The summed E-state index contributed by atoms with van der Waals surface area (Å²) in [6.07, 6.45) is -4.87. The number of nitrogens with zero attached hydrogens (tertiary/aromatic N) is 4. The monoisotopic (exact) mass is 442 g/mol. The van der Waals surface area contributed by atoms with Crippen LogP contribution in [0.2, 0.25) is 0 Å². The Morgan fingerprint density at radius 2 is 2.10 bits per heavy atom. The molecule has 11 heteroatoms. The van der Waals surface area contributed by atoms with Gasteiger partial charge in [0.15, 0.2) is 5.01 Å². The number of rotatable bonds is 5. The summed E-state index contributed by atoms with van der Waals surface area (Å²) in [5, 5.41) is 12.7. The fraction of sp³-hybridized carbons (Fsp3) is 0.474. The van der Waals surface area contributed by atoms with Crippen LogP contribution in [0.3, 0.4) is 0 Å². The van der Waals surface area contributed by atoms with Gasteiger partial charge in [0.25, 0.3) is 0 Å². The summed E-state index contributed by atoms with van der Waals surface area (Å²) in [6.45, 7) is 0.0758. The number of aromatic nitrogens is 3. The van der Waals surface area contributed by atoms with Crippen molar-refractivity contribution in [2.45, 2.75) is 37.9 Å². The number of likely N-dealkylation sites (tertiary alicyclic amines) is 1. The van der Waals surface area contributed by atoms with Crippen molar-refractivity contribution in [2.75, 3.05) is 25.5 Å². The van der Waals surface area contributed by atoms with Crippen LogP contribution < -0.4 is 11.1 Å². The molecule has 1 saturated heterocycles. The normalized spacial score (nSPS) is 20.7. The van der Waals surface area contributed by atoms with E-state index >= 15 is 0 Å². The summed E-state index contributed by atoms with van der Waals surface area (Å²) >= 11 is 1.16. The van der Waals surface area contributed by atoms with E-state index in [2.05, 4.69) is 15.5 Å². The highest BCUT2D eigenvalue weighted by Crippen LogP contribution is 2.36. The van der Waals surface area contributed by atoms with E-state index in [4.69, 9.17) is 5.73 Å². The summed E-state index contributed by atoms with van der Waals surface area (Å²) in [4.78, 5) is 1.92. The minimum atomic E-state index is -4.41. The Labute approximate surface area is 174 Å². The predicted molar refractivity (Wildman–Crippen MR) is 109 cm³/mol. The molecule has 6 nitrogen and oxygen atoms in total. The molecule has 0 spiro atoms. The van der Waals surface area contributed by atoms with Crippen LogP contribution in [0.4, 0.5) is 23.2 Å². The molecule has 2 atom stereocenters. The first-order valence-electron chi connectivity index (χ1n) is 9.56. The Hall–Kier alpha value is -2.24. The maximum Gasteiger partial charge on any atom is 0.406 e. The molecule has 3 heterocycles. The Balaban J connectivity index is 1.77. The first kappa shape index (κ1) is 21.0. The summed E-state index contributed by atoms with van der Waals surface area (Å²) in [5.74, 6) is 0. The largest absolute Gasteiger partial charge is 0.406 e. The van der Waals surface area contributed by atoms with E-state index in [1.54, 1.807) is 24.3 Å². The number of hydrogen-bond acceptors (Lipinski definition) is 6. The van der Waals surface area contributed by atoms with Gasteiger partial charge in [-0.1, -0.05) is 17.4 Å². The van der Waals surface area contributed by atoms with Crippen molar-refractivity contribution >= 4 is 27.9 Å². The van der Waals surface area contributed by atoms with Crippen LogP contribution in [0, 0.1) is 0 Å². The molecular formula is C19H22F4N6S. The summed E-state index contributed by atoms with van der Waals surface area (Å²) in [6, 6.07) is 6.33. The van der Waals surface area contributed by atoms with Crippen molar-refractivity contribution in [3.05, 3.63) is 29.3 Å². The molecule has 1 aliphatic heterocycles. The number of halogens is 4. The highest BCUT2D eigenvalue weighted by atomic mass is 32.1. The molecule has 162 valence electrons. The topological polar surface area (TPSA) is 72.0 Å². The molecule has 2 aromatic heterocycles. The summed E-state index contributed by atoms with van der Waals surface area (Å²) < 4.78 is 55.7. The van der Waals surface area contributed by atoms with E-state index in [0.29, 0.717) is 45.3 Å². The molecule has 1 fully saturated rings. The fourth-order valence-electron chi connectivity index (χ4n) is 3.80.